The van der Waals surface area contributed by atoms with Crippen LogP contribution < -0.4 is 10.6 Å². The minimum Gasteiger partial charge on any atom is -0.329 e. The molecular formula is C21H17FN4OS. The number of carbonyl (C=O) groups is 1. The van der Waals surface area contributed by atoms with Gasteiger partial charge in [-0.05, 0) is 36.2 Å². The summed E-state index contributed by atoms with van der Waals surface area (Å²) in [5.74, 6) is 0.0352. The largest absolute Gasteiger partial charge is 0.329 e. The normalized spacial score (nSPS) is 21.5. The van der Waals surface area contributed by atoms with Crippen LogP contribution in [0.15, 0.2) is 65.3 Å². The molecule has 1 aliphatic heterocycles. The number of ketones is 1. The summed E-state index contributed by atoms with van der Waals surface area (Å²) in [5, 5.41) is 7.24. The van der Waals surface area contributed by atoms with E-state index in [4.69, 9.17) is 4.99 Å². The average molecular weight is 392 g/mol. The van der Waals surface area contributed by atoms with Crippen LogP contribution in [0.25, 0.3) is 10.2 Å². The zero-order valence-corrected chi connectivity index (χ0v) is 15.7. The molecule has 5 rings (SSSR count). The van der Waals surface area contributed by atoms with Crippen LogP contribution in [0, 0.1) is 11.7 Å². The number of rotatable bonds is 2. The number of anilines is 1. The summed E-state index contributed by atoms with van der Waals surface area (Å²) in [7, 11) is 0. The molecule has 5 nitrogen and oxygen atoms in total. The first-order valence-electron chi connectivity index (χ1n) is 9.13. The van der Waals surface area contributed by atoms with Crippen molar-refractivity contribution in [3.8, 4) is 0 Å². The van der Waals surface area contributed by atoms with Crippen molar-refractivity contribution in [1.29, 1.82) is 0 Å². The van der Waals surface area contributed by atoms with Crippen molar-refractivity contribution in [2.75, 3.05) is 5.32 Å². The van der Waals surface area contributed by atoms with Gasteiger partial charge in [-0.15, -0.1) is 0 Å². The number of hydrogen-bond donors (Lipinski definition) is 2. The maximum Gasteiger partial charge on any atom is 0.202 e. The Morgan fingerprint density at radius 2 is 1.96 bits per heavy atom. The molecule has 2 N–H and O–H groups in total. The second-order valence-corrected chi connectivity index (χ2v) is 7.88. The van der Waals surface area contributed by atoms with Gasteiger partial charge >= 0.3 is 0 Å². The van der Waals surface area contributed by atoms with Crippen molar-refractivity contribution in [3.63, 3.8) is 0 Å². The molecule has 1 aromatic heterocycles. The zero-order chi connectivity index (χ0) is 19.1. The lowest BCUT2D eigenvalue weighted by Crippen LogP contribution is -2.43. The third kappa shape index (κ3) is 3.07. The number of guanidine groups is 1. The van der Waals surface area contributed by atoms with Gasteiger partial charge in [0.15, 0.2) is 5.13 Å². The van der Waals surface area contributed by atoms with Crippen LogP contribution in [-0.2, 0) is 4.79 Å². The van der Waals surface area contributed by atoms with Gasteiger partial charge in [0.1, 0.15) is 11.6 Å². The maximum absolute atomic E-state index is 13.4. The highest BCUT2D eigenvalue weighted by atomic mass is 32.1. The Morgan fingerprint density at radius 1 is 1.14 bits per heavy atom. The Bertz CT molecular complexity index is 1090. The molecule has 0 radical (unpaired) electrons. The summed E-state index contributed by atoms with van der Waals surface area (Å²) < 4.78 is 14.5. The van der Waals surface area contributed by atoms with E-state index in [1.54, 1.807) is 23.5 Å². The summed E-state index contributed by atoms with van der Waals surface area (Å²) in [6, 6.07) is 13.7. The Labute approximate surface area is 165 Å². The lowest BCUT2D eigenvalue weighted by molar-refractivity contribution is -0.122. The molecule has 0 saturated heterocycles. The molecule has 0 saturated carbocycles. The fourth-order valence-corrected chi connectivity index (χ4v) is 4.57. The van der Waals surface area contributed by atoms with Crippen LogP contribution in [-0.4, -0.2) is 16.7 Å². The van der Waals surface area contributed by atoms with Gasteiger partial charge in [0.05, 0.1) is 22.2 Å². The predicted molar refractivity (Wildman–Crippen MR) is 109 cm³/mol. The number of nitrogens with one attached hydrogen (secondary N) is 2. The van der Waals surface area contributed by atoms with Crippen LogP contribution in [0.3, 0.4) is 0 Å². The minimum atomic E-state index is -0.391. The first-order valence-corrected chi connectivity index (χ1v) is 9.95. The molecule has 0 amide bonds. The fraction of sp³-hybridized carbons (Fsp3) is 0.190. The number of carbonyl (C=O) groups excluding carboxylic acids is 1. The summed E-state index contributed by atoms with van der Waals surface area (Å²) in [4.78, 5) is 22.0. The number of aromatic nitrogens is 1. The molecule has 28 heavy (non-hydrogen) atoms. The van der Waals surface area contributed by atoms with E-state index in [2.05, 4.69) is 21.7 Å². The van der Waals surface area contributed by atoms with E-state index in [-0.39, 0.29) is 17.5 Å². The molecule has 2 aliphatic rings. The first kappa shape index (κ1) is 17.1. The predicted octanol–water partition coefficient (Wildman–Crippen LogP) is 4.41. The highest BCUT2D eigenvalue weighted by Crippen LogP contribution is 2.38. The molecule has 2 atom stereocenters. The van der Waals surface area contributed by atoms with E-state index in [1.165, 1.54) is 12.1 Å². The quantitative estimate of drug-likeness (QED) is 0.678. The average Bonchev–Trinajstić information content (AvgIpc) is 3.10. The number of allylic oxidation sites excluding steroid dienone is 1. The van der Waals surface area contributed by atoms with Crippen LogP contribution in [0.4, 0.5) is 9.52 Å². The Balaban J connectivity index is 1.52. The first-order chi connectivity index (χ1) is 13.7. The fourth-order valence-electron chi connectivity index (χ4n) is 3.70. The molecule has 2 heterocycles. The number of fused-ring (bicyclic) bond motifs is 2. The van der Waals surface area contributed by atoms with E-state index in [9.17, 15) is 9.18 Å². The second-order valence-electron chi connectivity index (χ2n) is 6.85. The lowest BCUT2D eigenvalue weighted by Gasteiger charge is -2.34. The zero-order valence-electron chi connectivity index (χ0n) is 14.9. The molecule has 2 aromatic carbocycles. The van der Waals surface area contributed by atoms with Gasteiger partial charge in [-0.1, -0.05) is 41.7 Å². The highest BCUT2D eigenvalue weighted by molar-refractivity contribution is 7.22. The molecular weight excluding hydrogens is 375 g/mol. The number of hydrogen-bond acceptors (Lipinski definition) is 6. The van der Waals surface area contributed by atoms with Crippen molar-refractivity contribution in [1.82, 2.24) is 10.3 Å². The van der Waals surface area contributed by atoms with Gasteiger partial charge < -0.3 is 10.6 Å². The monoisotopic (exact) mass is 392 g/mol. The SMILES string of the molecule is O=C1CCC=C2NC(Nc3nc4ccccc4s3)=N[C@@H](c3ccc(F)cc3)[C@H]12. The molecule has 1 aliphatic carbocycles. The minimum absolute atomic E-state index is 0.155. The number of thiazole rings is 1. The number of Topliss-reactive ketones (excluding diaryl/α,β-unsaturated/α-hetero) is 1. The van der Waals surface area contributed by atoms with Crippen molar-refractivity contribution >= 4 is 38.4 Å². The van der Waals surface area contributed by atoms with E-state index in [0.717, 1.165) is 26.6 Å². The van der Waals surface area contributed by atoms with Gasteiger partial charge in [-0.2, -0.15) is 0 Å². The van der Waals surface area contributed by atoms with Crippen molar-refractivity contribution in [2.24, 2.45) is 10.9 Å². The third-order valence-corrected chi connectivity index (χ3v) is 5.97. The topological polar surface area (TPSA) is 66.4 Å². The van der Waals surface area contributed by atoms with E-state index >= 15 is 0 Å². The Morgan fingerprint density at radius 3 is 2.79 bits per heavy atom. The second kappa shape index (κ2) is 6.83. The summed E-state index contributed by atoms with van der Waals surface area (Å²) in [5.41, 5.74) is 2.59. The molecule has 3 aromatic rings. The Hall–Kier alpha value is -3.06. The van der Waals surface area contributed by atoms with Gasteiger partial charge in [0.2, 0.25) is 5.96 Å². The van der Waals surface area contributed by atoms with Gasteiger partial charge in [0, 0.05) is 12.1 Å². The standard InChI is InChI=1S/C21H17FN4OS/c22-13-10-8-12(9-11-13)19-18-15(5-3-6-16(18)27)23-20(25-19)26-21-24-14-4-1-2-7-17(14)28-21/h1-2,4-5,7-11,18-19H,3,6H2,(H2,23,24,25,26)/t18-,19-/m0/s1. The van der Waals surface area contributed by atoms with Gasteiger partial charge in [-0.25, -0.2) is 14.4 Å². The van der Waals surface area contributed by atoms with Crippen molar-refractivity contribution < 1.29 is 9.18 Å². The summed E-state index contributed by atoms with van der Waals surface area (Å²) >= 11 is 1.54. The van der Waals surface area contributed by atoms with Gasteiger partial charge in [0.25, 0.3) is 0 Å². The molecule has 0 unspecified atom stereocenters. The number of aliphatic imine (C=N–C) groups is 1. The van der Waals surface area contributed by atoms with Crippen LogP contribution >= 0.6 is 11.3 Å². The number of para-hydroxylation sites is 1. The molecule has 0 bridgehead atoms. The molecule has 7 heteroatoms. The van der Waals surface area contributed by atoms with Crippen molar-refractivity contribution in [2.45, 2.75) is 18.9 Å². The third-order valence-electron chi connectivity index (χ3n) is 5.01. The van der Waals surface area contributed by atoms with Crippen LogP contribution in [0.1, 0.15) is 24.4 Å². The van der Waals surface area contributed by atoms with Crippen LogP contribution in [0.2, 0.25) is 0 Å². The number of halogens is 1. The van der Waals surface area contributed by atoms with Crippen molar-refractivity contribution in [3.05, 3.63) is 71.7 Å². The summed E-state index contributed by atoms with van der Waals surface area (Å²) in [6.07, 6.45) is 3.27. The van der Waals surface area contributed by atoms with E-state index < -0.39 is 6.04 Å². The lowest BCUT2D eigenvalue weighted by atomic mass is 9.81. The van der Waals surface area contributed by atoms with Gasteiger partial charge in [-0.3, -0.25) is 4.79 Å². The molecule has 140 valence electrons. The number of benzene rings is 2. The molecule has 0 fully saturated rings. The van der Waals surface area contributed by atoms with E-state index in [0.29, 0.717) is 18.8 Å². The smallest absolute Gasteiger partial charge is 0.202 e. The highest BCUT2D eigenvalue weighted by Gasteiger charge is 2.38. The number of nitrogens with zero attached hydrogens (tertiary/aromatic N) is 2. The maximum atomic E-state index is 13.4. The summed E-state index contributed by atoms with van der Waals surface area (Å²) in [6.45, 7) is 0. The van der Waals surface area contributed by atoms with Crippen LogP contribution in [0.5, 0.6) is 0 Å². The Kier molecular flexibility index (Phi) is 4.16. The van der Waals surface area contributed by atoms with E-state index in [1.807, 2.05) is 24.3 Å². The molecule has 0 spiro atoms.